The van der Waals surface area contributed by atoms with E-state index in [1.54, 1.807) is 24.3 Å². The highest BCUT2D eigenvalue weighted by Gasteiger charge is 2.23. The molecule has 3 aromatic carbocycles. The molecule has 1 heterocycles. The van der Waals surface area contributed by atoms with Crippen molar-refractivity contribution in [1.29, 1.82) is 0 Å². The predicted octanol–water partition coefficient (Wildman–Crippen LogP) is 5.17. The Balaban J connectivity index is 1.63. The number of fused-ring (bicyclic) bond motifs is 1. The molecule has 4 aromatic rings. The Hall–Kier alpha value is -3.15. The molecule has 31 heavy (non-hydrogen) atoms. The molecule has 0 aliphatic rings. The van der Waals surface area contributed by atoms with Crippen LogP contribution in [0.2, 0.25) is 0 Å². The lowest BCUT2D eigenvalue weighted by atomic mass is 10.3. The van der Waals surface area contributed by atoms with Gasteiger partial charge in [0.05, 0.1) is 32.0 Å². The summed E-state index contributed by atoms with van der Waals surface area (Å²) in [4.78, 5) is 15.6. The van der Waals surface area contributed by atoms with Gasteiger partial charge in [-0.1, -0.05) is 23.9 Å². The van der Waals surface area contributed by atoms with Crippen LogP contribution in [0.15, 0.2) is 80.9 Å². The van der Waals surface area contributed by atoms with Gasteiger partial charge in [0.2, 0.25) is 0 Å². The van der Waals surface area contributed by atoms with E-state index in [-0.39, 0.29) is 10.6 Å². The summed E-state index contributed by atoms with van der Waals surface area (Å²) in [5.41, 5.74) is 0.818. The number of nitrogens with one attached hydrogen (secondary N) is 1. The normalized spacial score (nSPS) is 11.4. The molecule has 0 aliphatic carbocycles. The van der Waals surface area contributed by atoms with E-state index in [2.05, 4.69) is 9.71 Å². The van der Waals surface area contributed by atoms with Gasteiger partial charge in [0.25, 0.3) is 15.7 Å². The number of benzene rings is 3. The first-order chi connectivity index (χ1) is 14.9. The van der Waals surface area contributed by atoms with Crippen molar-refractivity contribution in [1.82, 2.24) is 4.98 Å². The minimum absolute atomic E-state index is 0.205. The molecule has 1 aromatic heterocycles. The molecule has 0 spiro atoms. The number of nitro groups is 1. The van der Waals surface area contributed by atoms with Crippen LogP contribution in [0.3, 0.4) is 0 Å². The lowest BCUT2D eigenvalue weighted by Gasteiger charge is -2.09. The Morgan fingerprint density at radius 1 is 1.10 bits per heavy atom. The molecule has 1 N–H and O–H groups in total. The fraction of sp³-hybridized carbons (Fsp3) is 0.0500. The molecule has 0 aliphatic heterocycles. The highest BCUT2D eigenvalue weighted by atomic mass is 32.2. The first-order valence-electron chi connectivity index (χ1n) is 8.84. The molecule has 11 heteroatoms. The van der Waals surface area contributed by atoms with Crippen LogP contribution in [0.4, 0.5) is 11.4 Å². The van der Waals surface area contributed by atoms with E-state index in [1.165, 1.54) is 30.6 Å². The maximum atomic E-state index is 12.7. The van der Waals surface area contributed by atoms with Gasteiger partial charge in [-0.2, -0.15) is 0 Å². The van der Waals surface area contributed by atoms with E-state index < -0.39 is 14.9 Å². The minimum atomic E-state index is -4.02. The average molecular weight is 474 g/mol. The Bertz CT molecular complexity index is 1340. The van der Waals surface area contributed by atoms with Crippen molar-refractivity contribution in [2.75, 3.05) is 11.8 Å². The van der Waals surface area contributed by atoms with Crippen molar-refractivity contribution in [2.45, 2.75) is 14.1 Å². The minimum Gasteiger partial charge on any atom is -0.497 e. The van der Waals surface area contributed by atoms with Gasteiger partial charge in [0.1, 0.15) is 5.75 Å². The van der Waals surface area contributed by atoms with Gasteiger partial charge in [-0.25, -0.2) is 13.4 Å². The highest BCUT2D eigenvalue weighted by molar-refractivity contribution is 8.01. The van der Waals surface area contributed by atoms with Crippen LogP contribution in [0, 0.1) is 10.1 Å². The number of nitro benzene ring substituents is 1. The van der Waals surface area contributed by atoms with Gasteiger partial charge >= 0.3 is 0 Å². The second-order valence-electron chi connectivity index (χ2n) is 6.27. The number of hydrogen-bond donors (Lipinski definition) is 1. The van der Waals surface area contributed by atoms with Crippen molar-refractivity contribution in [3.63, 3.8) is 0 Å². The number of hydrogen-bond acceptors (Lipinski definition) is 8. The maximum Gasteiger partial charge on any atom is 0.284 e. The summed E-state index contributed by atoms with van der Waals surface area (Å²) in [6.07, 6.45) is 0. The second-order valence-corrected chi connectivity index (χ2v) is 10.3. The lowest BCUT2D eigenvalue weighted by molar-refractivity contribution is -0.388. The molecule has 0 atom stereocenters. The summed E-state index contributed by atoms with van der Waals surface area (Å²) in [5.74, 6) is 0.579. The molecule has 0 saturated carbocycles. The van der Waals surface area contributed by atoms with E-state index >= 15 is 0 Å². The standard InChI is InChI=1S/C20H15N3O5S3/c1-28-14-8-6-13(7-9-14)22-31(26,27)15-10-11-19(17(12-15)23(24)25)30-20-21-16-4-2-3-5-18(16)29-20/h2-12,22H,1H3. The number of anilines is 1. The number of sulfonamides is 1. The third kappa shape index (κ3) is 4.63. The molecule has 0 amide bonds. The van der Waals surface area contributed by atoms with E-state index in [0.29, 0.717) is 20.7 Å². The maximum absolute atomic E-state index is 12.7. The molecule has 0 fully saturated rings. The predicted molar refractivity (Wildman–Crippen MR) is 121 cm³/mol. The van der Waals surface area contributed by atoms with Gasteiger partial charge in [0, 0.05) is 11.8 Å². The molecular formula is C20H15N3O5S3. The average Bonchev–Trinajstić information content (AvgIpc) is 3.16. The molecule has 0 radical (unpaired) electrons. The van der Waals surface area contributed by atoms with Crippen LogP contribution < -0.4 is 9.46 Å². The summed E-state index contributed by atoms with van der Waals surface area (Å²) in [6, 6.07) is 17.7. The zero-order valence-electron chi connectivity index (χ0n) is 16.0. The van der Waals surface area contributed by atoms with Gasteiger partial charge in [-0.3, -0.25) is 14.8 Å². The number of rotatable bonds is 7. The van der Waals surface area contributed by atoms with E-state index in [9.17, 15) is 18.5 Å². The van der Waals surface area contributed by atoms with Crippen LogP contribution in [0.5, 0.6) is 5.75 Å². The van der Waals surface area contributed by atoms with Crippen LogP contribution in [-0.4, -0.2) is 25.4 Å². The molecule has 8 nitrogen and oxygen atoms in total. The molecule has 158 valence electrons. The highest BCUT2D eigenvalue weighted by Crippen LogP contribution is 2.39. The summed E-state index contributed by atoms with van der Waals surface area (Å²) < 4.78 is 34.5. The van der Waals surface area contributed by atoms with Gasteiger partial charge < -0.3 is 4.74 Å². The van der Waals surface area contributed by atoms with E-state index in [1.807, 2.05) is 24.3 Å². The second kappa shape index (κ2) is 8.53. The smallest absolute Gasteiger partial charge is 0.284 e. The lowest BCUT2D eigenvalue weighted by Crippen LogP contribution is -2.13. The molecule has 0 bridgehead atoms. The number of thiazole rings is 1. The van der Waals surface area contributed by atoms with Crippen molar-refractivity contribution in [3.05, 3.63) is 76.8 Å². The first-order valence-corrected chi connectivity index (χ1v) is 12.0. The first kappa shape index (κ1) is 21.1. The quantitative estimate of drug-likeness (QED) is 0.291. The van der Waals surface area contributed by atoms with Crippen LogP contribution in [-0.2, 0) is 10.0 Å². The molecule has 4 rings (SSSR count). The van der Waals surface area contributed by atoms with Crippen LogP contribution >= 0.6 is 23.1 Å². The summed E-state index contributed by atoms with van der Waals surface area (Å²) in [5, 5.41) is 11.6. The Morgan fingerprint density at radius 3 is 2.52 bits per heavy atom. The zero-order chi connectivity index (χ0) is 22.0. The third-order valence-corrected chi connectivity index (χ3v) is 7.79. The fourth-order valence-electron chi connectivity index (χ4n) is 2.76. The fourth-order valence-corrected chi connectivity index (χ4v) is 5.94. The van der Waals surface area contributed by atoms with E-state index in [0.717, 1.165) is 28.0 Å². The number of methoxy groups -OCH3 is 1. The largest absolute Gasteiger partial charge is 0.497 e. The van der Waals surface area contributed by atoms with Crippen molar-refractivity contribution in [3.8, 4) is 5.75 Å². The summed E-state index contributed by atoms with van der Waals surface area (Å²) in [6.45, 7) is 0. The number of nitrogens with zero attached hydrogens (tertiary/aromatic N) is 2. The topological polar surface area (TPSA) is 111 Å². The van der Waals surface area contributed by atoms with Crippen molar-refractivity contribution in [2.24, 2.45) is 0 Å². The number of para-hydroxylation sites is 1. The Kier molecular flexibility index (Phi) is 5.81. The van der Waals surface area contributed by atoms with Crippen LogP contribution in [0.1, 0.15) is 0 Å². The zero-order valence-corrected chi connectivity index (χ0v) is 18.5. The number of ether oxygens (including phenoxy) is 1. The van der Waals surface area contributed by atoms with Gasteiger partial charge in [-0.05, 0) is 48.5 Å². The van der Waals surface area contributed by atoms with Gasteiger partial charge in [0.15, 0.2) is 4.34 Å². The molecular weight excluding hydrogens is 458 g/mol. The molecule has 0 saturated heterocycles. The number of aromatic nitrogens is 1. The molecule has 0 unspecified atom stereocenters. The SMILES string of the molecule is COc1ccc(NS(=O)(=O)c2ccc(Sc3nc4ccccc4s3)c([N+](=O)[O-])c2)cc1. The Morgan fingerprint density at radius 2 is 1.84 bits per heavy atom. The summed E-state index contributed by atoms with van der Waals surface area (Å²) >= 11 is 2.55. The van der Waals surface area contributed by atoms with E-state index in [4.69, 9.17) is 4.74 Å². The Labute approximate surface area is 186 Å². The third-order valence-electron chi connectivity index (χ3n) is 4.25. The summed E-state index contributed by atoms with van der Waals surface area (Å²) in [7, 11) is -2.51. The van der Waals surface area contributed by atoms with Crippen molar-refractivity contribution >= 4 is 54.7 Å². The van der Waals surface area contributed by atoms with Crippen molar-refractivity contribution < 1.29 is 18.1 Å². The van der Waals surface area contributed by atoms with Crippen LogP contribution in [0.25, 0.3) is 10.2 Å². The monoisotopic (exact) mass is 473 g/mol. The van der Waals surface area contributed by atoms with Gasteiger partial charge in [-0.15, -0.1) is 11.3 Å².